The Morgan fingerprint density at radius 3 is 2.14 bits per heavy atom. The van der Waals surface area contributed by atoms with Crippen molar-refractivity contribution in [2.75, 3.05) is 10.0 Å². The van der Waals surface area contributed by atoms with E-state index in [1.165, 1.54) is 18.2 Å². The van der Waals surface area contributed by atoms with Crippen LogP contribution in [0.25, 0.3) is 0 Å². The number of hydrogen-bond acceptors (Lipinski definition) is 3. The summed E-state index contributed by atoms with van der Waals surface area (Å²) in [5.41, 5.74) is 2.06. The number of hydrogen-bond donors (Lipinski definition) is 2. The lowest BCUT2D eigenvalue weighted by Crippen LogP contribution is -2.16. The SMILES string of the molecule is Cc1ccc(NS(=O)(=O)c2ccc(NC(=O)c3ccc(F)cc3)c(F)c2)c(C)c1. The van der Waals surface area contributed by atoms with Gasteiger partial charge in [0.15, 0.2) is 0 Å². The van der Waals surface area contributed by atoms with Crippen LogP contribution in [0.15, 0.2) is 65.6 Å². The Morgan fingerprint density at radius 2 is 1.52 bits per heavy atom. The molecule has 1 amide bonds. The Morgan fingerprint density at radius 1 is 0.862 bits per heavy atom. The van der Waals surface area contributed by atoms with Gasteiger partial charge in [-0.25, -0.2) is 17.2 Å². The maximum Gasteiger partial charge on any atom is 0.262 e. The minimum atomic E-state index is -4.02. The van der Waals surface area contributed by atoms with Gasteiger partial charge in [0.1, 0.15) is 11.6 Å². The summed E-state index contributed by atoms with van der Waals surface area (Å²) < 4.78 is 55.0. The van der Waals surface area contributed by atoms with E-state index < -0.39 is 27.6 Å². The van der Waals surface area contributed by atoms with Gasteiger partial charge in [0.2, 0.25) is 0 Å². The van der Waals surface area contributed by atoms with Crippen LogP contribution in [0.5, 0.6) is 0 Å². The molecule has 2 N–H and O–H groups in total. The van der Waals surface area contributed by atoms with Crippen molar-refractivity contribution in [2.45, 2.75) is 18.7 Å². The van der Waals surface area contributed by atoms with Crippen LogP contribution in [0.3, 0.4) is 0 Å². The number of sulfonamides is 1. The molecule has 0 radical (unpaired) electrons. The molecule has 3 aromatic carbocycles. The predicted molar refractivity (Wildman–Crippen MR) is 107 cm³/mol. The van der Waals surface area contributed by atoms with Gasteiger partial charge in [0, 0.05) is 5.56 Å². The number of carbonyl (C=O) groups is 1. The Labute approximate surface area is 167 Å². The highest BCUT2D eigenvalue weighted by molar-refractivity contribution is 7.92. The van der Waals surface area contributed by atoms with Crippen molar-refractivity contribution >= 4 is 27.3 Å². The quantitative estimate of drug-likeness (QED) is 0.637. The van der Waals surface area contributed by atoms with Crippen molar-refractivity contribution in [3.63, 3.8) is 0 Å². The molecule has 0 fully saturated rings. The van der Waals surface area contributed by atoms with Crippen LogP contribution >= 0.6 is 0 Å². The molecule has 0 unspecified atom stereocenters. The van der Waals surface area contributed by atoms with E-state index in [0.29, 0.717) is 5.69 Å². The van der Waals surface area contributed by atoms with Gasteiger partial charge in [-0.05, 0) is 67.9 Å². The standard InChI is InChI=1S/C21H18F2N2O3S/c1-13-3-9-19(14(2)11-13)25-29(27,28)17-8-10-20(18(23)12-17)24-21(26)15-4-6-16(22)7-5-15/h3-12,25H,1-2H3,(H,24,26). The summed E-state index contributed by atoms with van der Waals surface area (Å²) in [5, 5.41) is 2.34. The third kappa shape index (κ3) is 4.78. The summed E-state index contributed by atoms with van der Waals surface area (Å²) in [4.78, 5) is 11.9. The minimum absolute atomic E-state index is 0.138. The second kappa shape index (κ2) is 8.00. The van der Waals surface area contributed by atoms with Crippen molar-refractivity contribution in [3.05, 3.63) is 89.0 Å². The number of aryl methyl sites for hydroxylation is 2. The second-order valence-electron chi connectivity index (χ2n) is 6.53. The Kier molecular flexibility index (Phi) is 5.65. The zero-order valence-corrected chi connectivity index (χ0v) is 16.5. The number of anilines is 2. The molecule has 0 aliphatic heterocycles. The molecule has 3 rings (SSSR count). The van der Waals surface area contributed by atoms with Crippen LogP contribution in [0.2, 0.25) is 0 Å². The van der Waals surface area contributed by atoms with E-state index in [4.69, 9.17) is 0 Å². The predicted octanol–water partition coefficient (Wildman–Crippen LogP) is 4.63. The third-order valence-electron chi connectivity index (χ3n) is 4.23. The lowest BCUT2D eigenvalue weighted by atomic mass is 10.1. The molecule has 29 heavy (non-hydrogen) atoms. The molecule has 3 aromatic rings. The molecular formula is C21H18F2N2O3S. The van der Waals surface area contributed by atoms with Gasteiger partial charge in [0.05, 0.1) is 16.3 Å². The molecule has 0 heterocycles. The van der Waals surface area contributed by atoms with Crippen LogP contribution in [0, 0.1) is 25.5 Å². The van der Waals surface area contributed by atoms with E-state index in [1.807, 2.05) is 13.0 Å². The number of amides is 1. The van der Waals surface area contributed by atoms with Crippen molar-refractivity contribution in [1.82, 2.24) is 0 Å². The maximum atomic E-state index is 14.4. The topological polar surface area (TPSA) is 75.3 Å². The molecule has 8 heteroatoms. The van der Waals surface area contributed by atoms with Crippen LogP contribution in [-0.4, -0.2) is 14.3 Å². The molecular weight excluding hydrogens is 398 g/mol. The number of nitrogens with one attached hydrogen (secondary N) is 2. The lowest BCUT2D eigenvalue weighted by Gasteiger charge is -2.12. The Bertz CT molecular complexity index is 1180. The van der Waals surface area contributed by atoms with Gasteiger partial charge >= 0.3 is 0 Å². The second-order valence-corrected chi connectivity index (χ2v) is 8.21. The summed E-state index contributed by atoms with van der Waals surface area (Å²) in [5.74, 6) is -2.06. The number of carbonyl (C=O) groups excluding carboxylic acids is 1. The highest BCUT2D eigenvalue weighted by Gasteiger charge is 2.18. The maximum absolute atomic E-state index is 14.4. The fraction of sp³-hybridized carbons (Fsp3) is 0.0952. The van der Waals surface area contributed by atoms with Crippen molar-refractivity contribution in [3.8, 4) is 0 Å². The first-order valence-corrected chi connectivity index (χ1v) is 10.1. The van der Waals surface area contributed by atoms with Gasteiger partial charge in [-0.3, -0.25) is 9.52 Å². The number of halogens is 2. The summed E-state index contributed by atoms with van der Waals surface area (Å²) in [6, 6.07) is 13.1. The molecule has 0 spiro atoms. The Hall–Kier alpha value is -3.26. The molecule has 0 aliphatic carbocycles. The molecule has 0 atom stereocenters. The van der Waals surface area contributed by atoms with Gasteiger partial charge in [-0.1, -0.05) is 17.7 Å². The van der Waals surface area contributed by atoms with Crippen LogP contribution in [0.4, 0.5) is 20.2 Å². The first-order chi connectivity index (χ1) is 13.7. The molecule has 150 valence electrons. The van der Waals surface area contributed by atoms with E-state index >= 15 is 0 Å². The molecule has 0 saturated carbocycles. The van der Waals surface area contributed by atoms with Gasteiger partial charge in [0.25, 0.3) is 15.9 Å². The normalized spacial score (nSPS) is 11.2. The number of rotatable bonds is 5. The van der Waals surface area contributed by atoms with Crippen LogP contribution in [0.1, 0.15) is 21.5 Å². The first kappa shape index (κ1) is 20.5. The van der Waals surface area contributed by atoms with E-state index in [2.05, 4.69) is 10.0 Å². The van der Waals surface area contributed by atoms with Gasteiger partial charge < -0.3 is 5.32 Å². The summed E-state index contributed by atoms with van der Waals surface area (Å²) in [6.07, 6.45) is 0. The fourth-order valence-corrected chi connectivity index (χ4v) is 3.83. The molecule has 5 nitrogen and oxygen atoms in total. The van der Waals surface area contributed by atoms with Crippen molar-refractivity contribution in [1.29, 1.82) is 0 Å². The first-order valence-electron chi connectivity index (χ1n) is 8.62. The minimum Gasteiger partial charge on any atom is -0.319 e. The number of benzene rings is 3. The van der Waals surface area contributed by atoms with Crippen molar-refractivity contribution < 1.29 is 22.0 Å². The lowest BCUT2D eigenvalue weighted by molar-refractivity contribution is 0.102. The summed E-state index contributed by atoms with van der Waals surface area (Å²) >= 11 is 0. The third-order valence-corrected chi connectivity index (χ3v) is 5.59. The molecule has 0 aromatic heterocycles. The highest BCUT2D eigenvalue weighted by atomic mass is 32.2. The largest absolute Gasteiger partial charge is 0.319 e. The van der Waals surface area contributed by atoms with Crippen LogP contribution in [-0.2, 0) is 10.0 Å². The summed E-state index contributed by atoms with van der Waals surface area (Å²) in [6.45, 7) is 3.65. The molecule has 0 saturated heterocycles. The van der Waals surface area contributed by atoms with Crippen LogP contribution < -0.4 is 10.0 Å². The van der Waals surface area contributed by atoms with E-state index in [1.54, 1.807) is 19.1 Å². The van der Waals surface area contributed by atoms with E-state index in [0.717, 1.165) is 35.4 Å². The summed E-state index contributed by atoms with van der Waals surface area (Å²) in [7, 11) is -4.02. The van der Waals surface area contributed by atoms with Crippen molar-refractivity contribution in [2.24, 2.45) is 0 Å². The van der Waals surface area contributed by atoms with Gasteiger partial charge in [-0.15, -0.1) is 0 Å². The molecule has 0 bridgehead atoms. The van der Waals surface area contributed by atoms with E-state index in [9.17, 15) is 22.0 Å². The monoisotopic (exact) mass is 416 g/mol. The van der Waals surface area contributed by atoms with E-state index in [-0.39, 0.29) is 16.1 Å². The van der Waals surface area contributed by atoms with Gasteiger partial charge in [-0.2, -0.15) is 0 Å². The zero-order valence-electron chi connectivity index (χ0n) is 15.7. The highest BCUT2D eigenvalue weighted by Crippen LogP contribution is 2.24. The Balaban J connectivity index is 1.80. The zero-order chi connectivity index (χ0) is 21.2. The smallest absolute Gasteiger partial charge is 0.262 e. The average molecular weight is 416 g/mol. The fourth-order valence-electron chi connectivity index (χ4n) is 2.69. The molecule has 0 aliphatic rings. The average Bonchev–Trinajstić information content (AvgIpc) is 2.66.